The van der Waals surface area contributed by atoms with Crippen LogP contribution >= 0.6 is 11.6 Å². The molecular formula is C12H13ClFNO2. The number of amides is 1. The lowest BCUT2D eigenvalue weighted by molar-refractivity contribution is 0.0546. The fourth-order valence-electron chi connectivity index (χ4n) is 1.88. The Morgan fingerprint density at radius 1 is 1.41 bits per heavy atom. The van der Waals surface area contributed by atoms with Crippen LogP contribution in [0.5, 0.6) is 0 Å². The zero-order valence-corrected chi connectivity index (χ0v) is 9.95. The Morgan fingerprint density at radius 3 is 2.65 bits per heavy atom. The molecule has 0 spiro atoms. The fraction of sp³-hybridized carbons (Fsp3) is 0.417. The lowest BCUT2D eigenvalue weighted by atomic mass is 10.1. The van der Waals surface area contributed by atoms with Gasteiger partial charge in [-0.05, 0) is 31.0 Å². The number of rotatable bonds is 1. The van der Waals surface area contributed by atoms with Gasteiger partial charge in [-0.3, -0.25) is 4.79 Å². The first-order valence-corrected chi connectivity index (χ1v) is 5.88. The average molecular weight is 258 g/mol. The third-order valence-corrected chi connectivity index (χ3v) is 3.21. The second-order valence-corrected chi connectivity index (χ2v) is 4.56. The summed E-state index contributed by atoms with van der Waals surface area (Å²) in [5, 5.41) is 9.30. The molecule has 0 bridgehead atoms. The van der Waals surface area contributed by atoms with Crippen LogP contribution in [0.25, 0.3) is 0 Å². The third kappa shape index (κ3) is 2.76. The van der Waals surface area contributed by atoms with Gasteiger partial charge in [0.2, 0.25) is 0 Å². The predicted octanol–water partition coefficient (Wildman–Crippen LogP) is 2.08. The molecule has 17 heavy (non-hydrogen) atoms. The molecule has 0 aliphatic carbocycles. The Bertz CT molecular complexity index is 431. The molecule has 0 unspecified atom stereocenters. The van der Waals surface area contributed by atoms with Gasteiger partial charge < -0.3 is 10.0 Å². The number of carbonyl (C=O) groups excluding carboxylic acids is 1. The summed E-state index contributed by atoms with van der Waals surface area (Å²) in [6.07, 6.45) is 0.845. The maximum absolute atomic E-state index is 13.0. The predicted molar refractivity (Wildman–Crippen MR) is 62.6 cm³/mol. The highest BCUT2D eigenvalue weighted by molar-refractivity contribution is 6.31. The first-order chi connectivity index (χ1) is 8.08. The molecule has 1 fully saturated rings. The summed E-state index contributed by atoms with van der Waals surface area (Å²) in [7, 11) is 0. The van der Waals surface area contributed by atoms with Crippen LogP contribution in [0.2, 0.25) is 5.02 Å². The van der Waals surface area contributed by atoms with Gasteiger partial charge in [-0.25, -0.2) is 4.39 Å². The van der Waals surface area contributed by atoms with E-state index in [1.165, 1.54) is 18.2 Å². The van der Waals surface area contributed by atoms with Gasteiger partial charge in [0.15, 0.2) is 0 Å². The SMILES string of the molecule is O=C(c1ccc(F)c(Cl)c1)N1CCC(O)CC1. The molecule has 0 saturated carbocycles. The molecule has 1 aromatic rings. The summed E-state index contributed by atoms with van der Waals surface area (Å²) in [5.41, 5.74) is 0.382. The van der Waals surface area contributed by atoms with Gasteiger partial charge in [0.25, 0.3) is 5.91 Å². The molecule has 3 nitrogen and oxygen atoms in total. The molecular weight excluding hydrogens is 245 g/mol. The number of halogens is 2. The smallest absolute Gasteiger partial charge is 0.253 e. The van der Waals surface area contributed by atoms with Crippen LogP contribution in [0.15, 0.2) is 18.2 Å². The molecule has 2 rings (SSSR count). The topological polar surface area (TPSA) is 40.5 Å². The van der Waals surface area contributed by atoms with E-state index in [0.29, 0.717) is 31.5 Å². The molecule has 1 N–H and O–H groups in total. The summed E-state index contributed by atoms with van der Waals surface area (Å²) in [4.78, 5) is 13.7. The molecule has 0 aromatic heterocycles. The standard InChI is InChI=1S/C12H13ClFNO2/c13-10-7-8(1-2-11(10)14)12(17)15-5-3-9(16)4-6-15/h1-2,7,9,16H,3-6H2. The van der Waals surface area contributed by atoms with E-state index >= 15 is 0 Å². The number of carbonyl (C=O) groups is 1. The number of piperidine rings is 1. The van der Waals surface area contributed by atoms with Crippen molar-refractivity contribution in [2.75, 3.05) is 13.1 Å². The molecule has 1 aromatic carbocycles. The van der Waals surface area contributed by atoms with Crippen LogP contribution in [0.1, 0.15) is 23.2 Å². The van der Waals surface area contributed by atoms with Crippen molar-refractivity contribution in [3.05, 3.63) is 34.6 Å². The monoisotopic (exact) mass is 257 g/mol. The molecule has 1 saturated heterocycles. The summed E-state index contributed by atoms with van der Waals surface area (Å²) < 4.78 is 13.0. The van der Waals surface area contributed by atoms with Crippen molar-refractivity contribution in [1.82, 2.24) is 4.90 Å². The van der Waals surface area contributed by atoms with E-state index < -0.39 is 5.82 Å². The lowest BCUT2D eigenvalue weighted by Crippen LogP contribution is -2.40. The normalized spacial score (nSPS) is 17.2. The van der Waals surface area contributed by atoms with Crippen LogP contribution in [-0.4, -0.2) is 35.1 Å². The van der Waals surface area contributed by atoms with Crippen molar-refractivity contribution >= 4 is 17.5 Å². The van der Waals surface area contributed by atoms with Crippen LogP contribution in [0, 0.1) is 5.82 Å². The van der Waals surface area contributed by atoms with Gasteiger partial charge in [0.1, 0.15) is 5.82 Å². The highest BCUT2D eigenvalue weighted by Crippen LogP contribution is 2.19. The average Bonchev–Trinajstić information content (AvgIpc) is 2.33. The second-order valence-electron chi connectivity index (χ2n) is 4.15. The first-order valence-electron chi connectivity index (χ1n) is 5.50. The molecule has 0 radical (unpaired) electrons. The number of likely N-dealkylation sites (tertiary alicyclic amines) is 1. The van der Waals surface area contributed by atoms with Gasteiger partial charge in [0, 0.05) is 18.7 Å². The Labute approximate surface area is 104 Å². The number of aliphatic hydroxyl groups is 1. The van der Waals surface area contributed by atoms with Crippen molar-refractivity contribution < 1.29 is 14.3 Å². The van der Waals surface area contributed by atoms with Gasteiger partial charge >= 0.3 is 0 Å². The Morgan fingerprint density at radius 2 is 2.06 bits per heavy atom. The van der Waals surface area contributed by atoms with E-state index in [1.807, 2.05) is 0 Å². The molecule has 0 atom stereocenters. The number of hydrogen-bond acceptors (Lipinski definition) is 2. The van der Waals surface area contributed by atoms with Crippen molar-refractivity contribution in [3.8, 4) is 0 Å². The first kappa shape index (κ1) is 12.3. The van der Waals surface area contributed by atoms with E-state index in [2.05, 4.69) is 0 Å². The molecule has 1 aliphatic rings. The van der Waals surface area contributed by atoms with Crippen LogP contribution < -0.4 is 0 Å². The third-order valence-electron chi connectivity index (χ3n) is 2.92. The molecule has 1 aliphatic heterocycles. The Balaban J connectivity index is 2.11. The lowest BCUT2D eigenvalue weighted by Gasteiger charge is -2.29. The Kier molecular flexibility index (Phi) is 3.64. The number of hydrogen-bond donors (Lipinski definition) is 1. The Hall–Kier alpha value is -1.13. The highest BCUT2D eigenvalue weighted by atomic mass is 35.5. The minimum absolute atomic E-state index is 0.0482. The number of nitrogens with zero attached hydrogens (tertiary/aromatic N) is 1. The summed E-state index contributed by atoms with van der Waals surface area (Å²) in [6.45, 7) is 1.05. The van der Waals surface area contributed by atoms with Crippen LogP contribution in [0.4, 0.5) is 4.39 Å². The fourth-order valence-corrected chi connectivity index (χ4v) is 2.06. The largest absolute Gasteiger partial charge is 0.393 e. The molecule has 5 heteroatoms. The number of aliphatic hydroxyl groups excluding tert-OH is 1. The highest BCUT2D eigenvalue weighted by Gasteiger charge is 2.22. The zero-order valence-electron chi connectivity index (χ0n) is 9.20. The van der Waals surface area contributed by atoms with E-state index in [1.54, 1.807) is 4.90 Å². The number of benzene rings is 1. The zero-order chi connectivity index (χ0) is 12.4. The molecule has 92 valence electrons. The maximum atomic E-state index is 13.0. The second kappa shape index (κ2) is 5.02. The van der Waals surface area contributed by atoms with Crippen molar-refractivity contribution in [2.24, 2.45) is 0 Å². The van der Waals surface area contributed by atoms with Gasteiger partial charge in [-0.15, -0.1) is 0 Å². The van der Waals surface area contributed by atoms with Crippen molar-refractivity contribution in [2.45, 2.75) is 18.9 Å². The van der Waals surface area contributed by atoms with E-state index in [-0.39, 0.29) is 17.0 Å². The van der Waals surface area contributed by atoms with Crippen LogP contribution in [0.3, 0.4) is 0 Å². The van der Waals surface area contributed by atoms with E-state index in [4.69, 9.17) is 11.6 Å². The van der Waals surface area contributed by atoms with E-state index in [9.17, 15) is 14.3 Å². The summed E-state index contributed by atoms with van der Waals surface area (Å²) in [6, 6.07) is 3.95. The minimum atomic E-state index is -0.530. The quantitative estimate of drug-likeness (QED) is 0.837. The van der Waals surface area contributed by atoms with Gasteiger partial charge in [-0.2, -0.15) is 0 Å². The minimum Gasteiger partial charge on any atom is -0.393 e. The molecule has 1 amide bonds. The van der Waals surface area contributed by atoms with Crippen molar-refractivity contribution in [1.29, 1.82) is 0 Å². The van der Waals surface area contributed by atoms with Gasteiger partial charge in [-0.1, -0.05) is 11.6 Å². The van der Waals surface area contributed by atoms with Gasteiger partial charge in [0.05, 0.1) is 11.1 Å². The summed E-state index contributed by atoms with van der Waals surface area (Å²) >= 11 is 5.63. The van der Waals surface area contributed by atoms with Crippen molar-refractivity contribution in [3.63, 3.8) is 0 Å². The van der Waals surface area contributed by atoms with E-state index in [0.717, 1.165) is 0 Å². The summed E-state index contributed by atoms with van der Waals surface area (Å²) in [5.74, 6) is -0.698. The maximum Gasteiger partial charge on any atom is 0.253 e. The molecule has 1 heterocycles. The van der Waals surface area contributed by atoms with Crippen LogP contribution in [-0.2, 0) is 0 Å².